The quantitative estimate of drug-likeness (QED) is 0.466. The minimum absolute atomic E-state index is 1.09. The smallest absolute Gasteiger partial charge is 0.463 e. The summed E-state index contributed by atoms with van der Waals surface area (Å²) in [6, 6.07) is 7.57. The Bertz CT molecular complexity index is 681. The van der Waals surface area contributed by atoms with Crippen molar-refractivity contribution in [1.29, 1.82) is 10.5 Å². The molecule has 2 rings (SSSR count). The van der Waals surface area contributed by atoms with E-state index in [0.717, 1.165) is 11.4 Å². The van der Waals surface area contributed by atoms with Crippen molar-refractivity contribution in [3.05, 3.63) is 49.1 Å². The van der Waals surface area contributed by atoms with Gasteiger partial charge < -0.3 is 24.7 Å². The molecule has 0 fully saturated rings. The van der Waals surface area contributed by atoms with E-state index in [9.17, 15) is 4.53 Å². The highest BCUT2D eigenvalue weighted by Gasteiger charge is 1.97. The zero-order valence-corrected chi connectivity index (χ0v) is 15.5. The maximum Gasteiger partial charge on any atom is 0.463 e. The number of hydrogen-bond donors (Lipinski definition) is 0. The van der Waals surface area contributed by atoms with Gasteiger partial charge >= 0.3 is 12.4 Å². The Labute approximate surface area is 158 Å². The Hall–Kier alpha value is -3.25. The summed E-state index contributed by atoms with van der Waals surface area (Å²) in [5.74, 6) is 0. The molecule has 2 aromatic heterocycles. The van der Waals surface area contributed by atoms with Crippen LogP contribution in [0.2, 0.25) is 0 Å². The van der Waals surface area contributed by atoms with Crippen LogP contribution < -0.4 is 29.0 Å². The van der Waals surface area contributed by atoms with E-state index in [1.165, 1.54) is 9.13 Å². The number of halogens is 1. The molecule has 9 nitrogen and oxygen atoms in total. The molecule has 0 aliphatic rings. The van der Waals surface area contributed by atoms with Crippen molar-refractivity contribution in [3.63, 3.8) is 0 Å². The fraction of sp³-hybridized carbons (Fsp3) is 0.250. The number of anilines is 2. The first-order chi connectivity index (χ1) is 12.7. The van der Waals surface area contributed by atoms with Gasteiger partial charge in [-0.25, -0.2) is 0 Å². The molecule has 0 atom stereocenters. The number of pyridine rings is 2. The number of nitriles is 2. The minimum Gasteiger partial charge on any atom is -0.868 e. The molecule has 11 heteroatoms. The molecule has 0 unspecified atom stereocenters. The van der Waals surface area contributed by atoms with Crippen LogP contribution in [0.3, 0.4) is 0 Å². The number of rotatable bonds is 3. The molecule has 0 saturated heterocycles. The van der Waals surface area contributed by atoms with Crippen LogP contribution in [0, 0.1) is 22.9 Å². The molecule has 27 heavy (non-hydrogen) atoms. The molecule has 0 spiro atoms. The summed E-state index contributed by atoms with van der Waals surface area (Å²) in [6.07, 6.45) is 10.9. The van der Waals surface area contributed by atoms with Crippen LogP contribution in [0.25, 0.3) is 0 Å². The van der Waals surface area contributed by atoms with E-state index in [2.05, 4.69) is 4.86 Å². The number of hydrogen-bond acceptors (Lipinski definition) is 7. The SMILES string of the molecule is CN(C)c1cc[n+](C#N)cc1.CN(C)c1cc[n+](C#N)cc1.[O-]B([O-])OF. The maximum atomic E-state index is 9.99. The molecule has 2 aromatic rings. The standard InChI is InChI=1S/2C8H10N3.BFO3/c2*1-10(2)8-3-5-11(7-9)6-4-8;2-5-1(3)4/h2*3-6H,1-2H3;/q2*+1;-2. The van der Waals surface area contributed by atoms with Crippen molar-refractivity contribution >= 4 is 18.7 Å². The second-order valence-electron chi connectivity index (χ2n) is 5.29. The Balaban J connectivity index is 0.000000405. The van der Waals surface area contributed by atoms with Crippen LogP contribution in [-0.2, 0) is 4.86 Å². The fourth-order valence-electron chi connectivity index (χ4n) is 1.57. The zero-order chi connectivity index (χ0) is 20.8. The van der Waals surface area contributed by atoms with Gasteiger partial charge in [-0.15, -0.1) is 9.13 Å². The Kier molecular flexibility index (Phi) is 11.5. The van der Waals surface area contributed by atoms with Gasteiger partial charge in [0.05, 0.1) is 0 Å². The average molecular weight is 374 g/mol. The van der Waals surface area contributed by atoms with Crippen molar-refractivity contribution in [2.45, 2.75) is 0 Å². The lowest BCUT2D eigenvalue weighted by atomic mass is 10.3. The first-order valence-electron chi connectivity index (χ1n) is 7.51. The molecule has 0 amide bonds. The number of aromatic nitrogens is 2. The molecule has 0 N–H and O–H groups in total. The predicted octanol–water partition coefficient (Wildman–Crippen LogP) is -1.67. The second kappa shape index (κ2) is 13.0. The van der Waals surface area contributed by atoms with Crippen molar-refractivity contribution < 1.29 is 28.6 Å². The molecule has 142 valence electrons. The highest BCUT2D eigenvalue weighted by atomic mass is 19.3. The Morgan fingerprint density at radius 1 is 0.852 bits per heavy atom. The van der Waals surface area contributed by atoms with Crippen LogP contribution in [-0.4, -0.2) is 35.5 Å². The molecular formula is C16H20BFN6O3. The Morgan fingerprint density at radius 2 is 1.11 bits per heavy atom. The first-order valence-corrected chi connectivity index (χ1v) is 7.51. The normalized spacial score (nSPS) is 8.63. The van der Waals surface area contributed by atoms with Crippen molar-refractivity contribution in [2.75, 3.05) is 38.0 Å². The Morgan fingerprint density at radius 3 is 1.26 bits per heavy atom. The lowest BCUT2D eigenvalue weighted by Gasteiger charge is -2.16. The summed E-state index contributed by atoms with van der Waals surface area (Å²) in [5, 5.41) is 34.4. The van der Waals surface area contributed by atoms with Gasteiger partial charge in [0.25, 0.3) is 0 Å². The average Bonchev–Trinajstić information content (AvgIpc) is 2.68. The third kappa shape index (κ3) is 10.4. The third-order valence-corrected chi connectivity index (χ3v) is 2.96. The molecule has 2 heterocycles. The van der Waals surface area contributed by atoms with E-state index >= 15 is 0 Å². The molecular weight excluding hydrogens is 354 g/mol. The topological polar surface area (TPSA) is 117 Å². The lowest BCUT2D eigenvalue weighted by Crippen LogP contribution is -2.45. The largest absolute Gasteiger partial charge is 0.868 e. The highest BCUT2D eigenvalue weighted by molar-refractivity contribution is 6.27. The van der Waals surface area contributed by atoms with E-state index in [1.807, 2.05) is 74.6 Å². The summed E-state index contributed by atoms with van der Waals surface area (Å²) in [5.41, 5.74) is 2.19. The number of nitrogens with zero attached hydrogens (tertiary/aromatic N) is 6. The summed E-state index contributed by atoms with van der Waals surface area (Å²) >= 11 is 0. The van der Waals surface area contributed by atoms with Gasteiger partial charge in [-0.3, -0.25) is 0 Å². The summed E-state index contributed by atoms with van der Waals surface area (Å²) in [6.45, 7) is 0. The molecule has 0 bridgehead atoms. The molecule has 0 aromatic carbocycles. The van der Waals surface area contributed by atoms with E-state index in [1.54, 1.807) is 24.8 Å². The van der Waals surface area contributed by atoms with Crippen LogP contribution in [0.5, 0.6) is 0 Å². The molecule has 0 aliphatic carbocycles. The summed E-state index contributed by atoms with van der Waals surface area (Å²) < 4.78 is 12.9. The van der Waals surface area contributed by atoms with E-state index in [4.69, 9.17) is 20.6 Å². The van der Waals surface area contributed by atoms with E-state index in [-0.39, 0.29) is 0 Å². The van der Waals surface area contributed by atoms with Crippen LogP contribution in [0.15, 0.2) is 49.1 Å². The molecule has 0 aliphatic heterocycles. The van der Waals surface area contributed by atoms with Gasteiger partial charge in [0.15, 0.2) is 10.5 Å². The summed E-state index contributed by atoms with van der Waals surface area (Å²) in [7, 11) is 5.07. The van der Waals surface area contributed by atoms with Crippen molar-refractivity contribution in [2.24, 2.45) is 0 Å². The van der Waals surface area contributed by atoms with Crippen LogP contribution in [0.1, 0.15) is 0 Å². The van der Waals surface area contributed by atoms with Crippen LogP contribution in [0.4, 0.5) is 15.9 Å². The van der Waals surface area contributed by atoms with Gasteiger partial charge in [0.2, 0.25) is 0 Å². The van der Waals surface area contributed by atoms with Gasteiger partial charge in [0.1, 0.15) is 32.1 Å². The fourth-order valence-corrected chi connectivity index (χ4v) is 1.57. The van der Waals surface area contributed by atoms with Gasteiger partial charge in [-0.2, -0.15) is 0 Å². The monoisotopic (exact) mass is 374 g/mol. The van der Waals surface area contributed by atoms with E-state index in [0.29, 0.717) is 0 Å². The second-order valence-corrected chi connectivity index (χ2v) is 5.29. The van der Waals surface area contributed by atoms with Crippen molar-refractivity contribution in [1.82, 2.24) is 0 Å². The minimum atomic E-state index is -2.78. The van der Waals surface area contributed by atoms with Gasteiger partial charge in [-0.05, 0) is 0 Å². The zero-order valence-electron chi connectivity index (χ0n) is 15.5. The summed E-state index contributed by atoms with van der Waals surface area (Å²) in [4.78, 5) is 6.11. The first kappa shape index (κ1) is 23.8. The van der Waals surface area contributed by atoms with Crippen LogP contribution >= 0.6 is 0 Å². The predicted molar refractivity (Wildman–Crippen MR) is 91.9 cm³/mol. The molecule has 0 radical (unpaired) electrons. The highest BCUT2D eigenvalue weighted by Crippen LogP contribution is 2.05. The lowest BCUT2D eigenvalue weighted by molar-refractivity contribution is -0.586. The van der Waals surface area contributed by atoms with Crippen molar-refractivity contribution in [3.8, 4) is 12.4 Å². The maximum absolute atomic E-state index is 9.99. The third-order valence-electron chi connectivity index (χ3n) is 2.96. The van der Waals surface area contributed by atoms with Gasteiger partial charge in [-0.1, -0.05) is 4.53 Å². The molecule has 0 saturated carbocycles. The van der Waals surface area contributed by atoms with E-state index < -0.39 is 7.32 Å². The van der Waals surface area contributed by atoms with Gasteiger partial charge in [0, 0.05) is 63.8 Å².